The molecule has 16 rings (SSSR count). The second-order valence-corrected chi connectivity index (χ2v) is 28.3. The van der Waals surface area contributed by atoms with Crippen molar-refractivity contribution in [2.75, 3.05) is 40.9 Å². The van der Waals surface area contributed by atoms with Crippen LogP contribution in [0.3, 0.4) is 0 Å². The number of hydrogen-bond donors (Lipinski definition) is 5. The number of pyridine rings is 7. The molecule has 7 aromatic carbocycles. The van der Waals surface area contributed by atoms with Gasteiger partial charge in [0, 0.05) is 84.5 Å². The number of carbonyl (C=O) groups is 5. The van der Waals surface area contributed by atoms with E-state index in [1.54, 1.807) is 110 Å². The predicted molar refractivity (Wildman–Crippen MR) is 467 cm³/mol. The molecule has 6 N–H and O–H groups in total. The molecule has 0 spiro atoms. The van der Waals surface area contributed by atoms with Crippen molar-refractivity contribution >= 4 is 58.0 Å². The van der Waals surface area contributed by atoms with Gasteiger partial charge in [0.1, 0.15) is 23.3 Å². The molecule has 0 aliphatic carbocycles. The van der Waals surface area contributed by atoms with Crippen LogP contribution in [0.15, 0.2) is 329 Å². The Morgan fingerprint density at radius 1 is 0.347 bits per heavy atom. The van der Waals surface area contributed by atoms with Gasteiger partial charge in [-0.3, -0.25) is 58.8 Å². The molecular weight excluding hydrogens is 1520 g/mol. The number of hydrogen-bond acceptors (Lipinski definition) is 15. The van der Waals surface area contributed by atoms with Gasteiger partial charge in [-0.15, -0.1) is 0 Å². The molecule has 0 atom stereocenters. The van der Waals surface area contributed by atoms with Crippen LogP contribution < -0.4 is 27.0 Å². The molecule has 1 aliphatic rings. The summed E-state index contributed by atoms with van der Waals surface area (Å²) in [6.45, 7) is 5.65. The zero-order chi connectivity index (χ0) is 84.2. The normalized spacial score (nSPS) is 11.5. The number of primary amides is 1. The predicted octanol–water partition coefficient (Wildman–Crippen LogP) is 18.3. The monoisotopic (exact) mass is 1610 g/mol. The number of rotatable bonds is 22. The van der Waals surface area contributed by atoms with E-state index in [4.69, 9.17) is 5.73 Å². The minimum atomic E-state index is -0.349. The number of benzene rings is 7. The van der Waals surface area contributed by atoms with Crippen molar-refractivity contribution in [3.63, 3.8) is 0 Å². The number of amides is 5. The SMILES string of the molecule is Cc1cc(-c2ccc(CC(=O)Nc3ccc(C4=CCN(CC(N)=O)CC4)nc3)cc2)ccn1.Cc1cc(-c2ccc(CC(=O)Nc3cnc(-c4cccc(F)c4)nc3)cc2)ccn1.O=C(Cc1ccc(-c2ccncc2)cc1)Nc1ccc(-c2cccc(F)c2)cn1.O=C(Cc1ccc(-c2ccncc2)cc1)Nc1ccc(-c2cccc(F)c2)nc1. The average Bonchev–Trinajstić information content (AvgIpc) is 0.936. The van der Waals surface area contributed by atoms with Gasteiger partial charge in [-0.25, -0.2) is 28.1 Å². The van der Waals surface area contributed by atoms with E-state index < -0.39 is 0 Å². The molecule has 23 heteroatoms. The number of carbonyl (C=O) groups excluding carboxylic acids is 5. The maximum atomic E-state index is 13.4. The molecule has 600 valence electrons. The summed E-state index contributed by atoms with van der Waals surface area (Å²) < 4.78 is 40.0. The molecule has 0 saturated heterocycles. The molecule has 0 unspecified atom stereocenters. The standard InChI is InChI=1S/C26H27N5O2.C24H19FN4O.2C24H18FN3O/c1-18-14-22(8-11-28-18)20-4-2-19(3-5-20)15-26(33)30-23-6-7-24(29-16-23)21-9-12-31(13-10-21)17-25(27)32;1-16-11-19(9-10-26-16)18-7-5-17(6-8-18)12-23(30)29-22-14-27-24(28-15-22)20-3-2-4-21(25)13-20;25-22-3-1-2-20(15-22)21-8-9-23(27-16-21)28-24(29)14-17-4-6-18(7-5-17)19-10-12-26-13-11-19;25-21-3-1-2-20(15-21)23-9-8-22(16-27-23)28-24(29)14-17-4-6-18(7-5-17)19-10-12-26-13-11-19/h2-9,11,14,16H,10,12-13,15,17H2,1H3,(H2,27,32)(H,30,33);2-11,13-15H,12H2,1H3,(H,29,30);1-13,15-16H,14H2,(H,27,28,29);1-13,15-16H,14H2,(H,28,29). The van der Waals surface area contributed by atoms with Crippen LogP contribution in [-0.2, 0) is 49.7 Å². The molecule has 0 bridgehead atoms. The van der Waals surface area contributed by atoms with Gasteiger partial charge in [-0.2, -0.15) is 0 Å². The van der Waals surface area contributed by atoms with Crippen molar-refractivity contribution in [1.82, 2.24) is 49.8 Å². The van der Waals surface area contributed by atoms with Gasteiger partial charge in [-0.05, 0) is 219 Å². The summed E-state index contributed by atoms with van der Waals surface area (Å²) in [5.41, 5.74) is 26.8. The third kappa shape index (κ3) is 25.3. The molecule has 20 nitrogen and oxygen atoms in total. The molecule has 121 heavy (non-hydrogen) atoms. The number of nitrogens with one attached hydrogen (secondary N) is 4. The quantitative estimate of drug-likeness (QED) is 0.0422. The minimum absolute atomic E-state index is 0.0870. The molecule has 0 saturated carbocycles. The fourth-order valence-electron chi connectivity index (χ4n) is 13.1. The first-order valence-corrected chi connectivity index (χ1v) is 38.8. The maximum absolute atomic E-state index is 13.4. The second-order valence-electron chi connectivity index (χ2n) is 28.3. The summed E-state index contributed by atoms with van der Waals surface area (Å²) in [6, 6.07) is 76.8. The number of aromatic nitrogens is 9. The number of nitrogens with zero attached hydrogens (tertiary/aromatic N) is 10. The van der Waals surface area contributed by atoms with Crippen molar-refractivity contribution in [3.05, 3.63) is 386 Å². The van der Waals surface area contributed by atoms with Crippen LogP contribution in [0.25, 0.3) is 83.9 Å². The molecule has 15 aromatic rings. The van der Waals surface area contributed by atoms with Gasteiger partial charge in [0.05, 0.1) is 85.5 Å². The molecule has 8 aromatic heterocycles. The van der Waals surface area contributed by atoms with Crippen LogP contribution in [0.2, 0.25) is 0 Å². The maximum Gasteiger partial charge on any atom is 0.231 e. The van der Waals surface area contributed by atoms with Gasteiger partial charge in [0.2, 0.25) is 29.5 Å². The largest absolute Gasteiger partial charge is 0.369 e. The molecule has 5 amide bonds. The Kier molecular flexibility index (Phi) is 28.5. The van der Waals surface area contributed by atoms with Crippen LogP contribution in [0.1, 0.15) is 45.8 Å². The zero-order valence-electron chi connectivity index (χ0n) is 66.1. The van der Waals surface area contributed by atoms with E-state index >= 15 is 0 Å². The number of halogens is 3. The third-order valence-corrected chi connectivity index (χ3v) is 19.2. The third-order valence-electron chi connectivity index (χ3n) is 19.2. The van der Waals surface area contributed by atoms with Gasteiger partial charge in [0.15, 0.2) is 5.82 Å². The van der Waals surface area contributed by atoms with E-state index in [0.717, 1.165) is 114 Å². The van der Waals surface area contributed by atoms with Crippen molar-refractivity contribution < 1.29 is 37.1 Å². The highest BCUT2D eigenvalue weighted by Gasteiger charge is 2.18. The number of aryl methyl sites for hydroxylation is 2. The average molecular weight is 1610 g/mol. The lowest BCUT2D eigenvalue weighted by Gasteiger charge is -2.24. The first-order chi connectivity index (χ1) is 58.9. The molecule has 0 fully saturated rings. The summed E-state index contributed by atoms with van der Waals surface area (Å²) in [6.07, 6.45) is 22.4. The van der Waals surface area contributed by atoms with Gasteiger partial charge in [-0.1, -0.05) is 140 Å². The summed E-state index contributed by atoms with van der Waals surface area (Å²) >= 11 is 0. The highest BCUT2D eigenvalue weighted by atomic mass is 19.1. The molecular formula is C98H82F3N15O5. The fourth-order valence-corrected chi connectivity index (χ4v) is 13.1. The van der Waals surface area contributed by atoms with E-state index in [1.807, 2.05) is 183 Å². The smallest absolute Gasteiger partial charge is 0.231 e. The number of nitrogens with two attached hydrogens (primary N) is 1. The van der Waals surface area contributed by atoms with E-state index in [2.05, 4.69) is 72.2 Å². The van der Waals surface area contributed by atoms with Gasteiger partial charge >= 0.3 is 0 Å². The van der Waals surface area contributed by atoms with Gasteiger partial charge < -0.3 is 27.0 Å². The van der Waals surface area contributed by atoms with Crippen molar-refractivity contribution in [2.24, 2.45) is 5.73 Å². The van der Waals surface area contributed by atoms with Crippen LogP contribution in [0.4, 0.5) is 36.1 Å². The Labute approximate surface area is 697 Å². The van der Waals surface area contributed by atoms with Crippen LogP contribution in [-0.4, -0.2) is 98.9 Å². The molecule has 1 aliphatic heterocycles. The summed E-state index contributed by atoms with van der Waals surface area (Å²) in [7, 11) is 0. The van der Waals surface area contributed by atoms with Crippen LogP contribution >= 0.6 is 0 Å². The Hall–Kier alpha value is -15.5. The molecule has 0 radical (unpaired) electrons. The van der Waals surface area contributed by atoms with E-state index in [-0.39, 0.29) is 79.2 Å². The second kappa shape index (κ2) is 41.4. The topological polar surface area (TPSA) is 279 Å². The minimum Gasteiger partial charge on any atom is -0.369 e. The Balaban J connectivity index is 0.000000139. The van der Waals surface area contributed by atoms with Crippen LogP contribution in [0, 0.1) is 31.3 Å². The van der Waals surface area contributed by atoms with Crippen molar-refractivity contribution in [2.45, 2.75) is 46.0 Å². The highest BCUT2D eigenvalue weighted by molar-refractivity contribution is 5.94. The first kappa shape index (κ1) is 83.5. The summed E-state index contributed by atoms with van der Waals surface area (Å²) in [4.78, 5) is 101. The Morgan fingerprint density at radius 2 is 0.727 bits per heavy atom. The Bertz CT molecular complexity index is 5780. The van der Waals surface area contributed by atoms with Crippen molar-refractivity contribution in [3.8, 4) is 78.3 Å². The van der Waals surface area contributed by atoms with Crippen molar-refractivity contribution in [1.29, 1.82) is 0 Å². The van der Waals surface area contributed by atoms with E-state index in [1.165, 1.54) is 48.8 Å². The number of anilines is 4. The first-order valence-electron chi connectivity index (χ1n) is 38.8. The fraction of sp³-hybridized carbons (Fsp3) is 0.102. The van der Waals surface area contributed by atoms with E-state index in [9.17, 15) is 37.1 Å². The Morgan fingerprint density at radius 3 is 1.14 bits per heavy atom. The molecule has 9 heterocycles. The van der Waals surface area contributed by atoms with Gasteiger partial charge in [0.25, 0.3) is 0 Å². The lowest BCUT2D eigenvalue weighted by Crippen LogP contribution is -2.36. The van der Waals surface area contributed by atoms with Crippen LogP contribution in [0.5, 0.6) is 0 Å². The van der Waals surface area contributed by atoms with E-state index in [0.29, 0.717) is 52.1 Å². The summed E-state index contributed by atoms with van der Waals surface area (Å²) in [5, 5.41) is 11.3. The summed E-state index contributed by atoms with van der Waals surface area (Å²) in [5.74, 6) is -0.928. The lowest BCUT2D eigenvalue weighted by atomic mass is 10.0. The highest BCUT2D eigenvalue weighted by Crippen LogP contribution is 2.29. The zero-order valence-corrected chi connectivity index (χ0v) is 66.1. The lowest BCUT2D eigenvalue weighted by molar-refractivity contribution is -0.119.